The fourth-order valence-electron chi connectivity index (χ4n) is 1.87. The molecule has 0 aliphatic rings. The van der Waals surface area contributed by atoms with Gasteiger partial charge in [0.2, 0.25) is 0 Å². The predicted octanol–water partition coefficient (Wildman–Crippen LogP) is 3.76. The van der Waals surface area contributed by atoms with Gasteiger partial charge in [-0.25, -0.2) is 9.97 Å². The third-order valence-electron chi connectivity index (χ3n) is 2.94. The van der Waals surface area contributed by atoms with Gasteiger partial charge in [0.05, 0.1) is 10.7 Å². The molecule has 2 aromatic rings. The van der Waals surface area contributed by atoms with Crippen molar-refractivity contribution in [1.82, 2.24) is 9.97 Å². The molecule has 0 aliphatic heterocycles. The zero-order valence-corrected chi connectivity index (χ0v) is 13.2. The molecular formula is C15H19ClN4O. The van der Waals surface area contributed by atoms with Crippen molar-refractivity contribution in [3.8, 4) is 0 Å². The van der Waals surface area contributed by atoms with Crippen LogP contribution in [0.4, 0.5) is 17.3 Å². The molecule has 0 amide bonds. The Bertz CT molecular complexity index is 598. The number of ether oxygens (including phenoxy) is 1. The van der Waals surface area contributed by atoms with Gasteiger partial charge >= 0.3 is 0 Å². The molecule has 112 valence electrons. The Hall–Kier alpha value is -1.85. The second-order valence-corrected chi connectivity index (χ2v) is 4.91. The molecule has 0 aliphatic carbocycles. The summed E-state index contributed by atoms with van der Waals surface area (Å²) in [5, 5.41) is 6.93. The summed E-state index contributed by atoms with van der Waals surface area (Å²) in [6.45, 7) is 4.94. The molecule has 21 heavy (non-hydrogen) atoms. The maximum Gasteiger partial charge on any atom is 0.158 e. The fourth-order valence-corrected chi connectivity index (χ4v) is 2.13. The van der Waals surface area contributed by atoms with Crippen molar-refractivity contribution in [3.05, 3.63) is 40.7 Å². The van der Waals surface area contributed by atoms with Crippen LogP contribution in [0.25, 0.3) is 0 Å². The van der Waals surface area contributed by atoms with Gasteiger partial charge in [-0.05, 0) is 25.5 Å². The summed E-state index contributed by atoms with van der Waals surface area (Å²) >= 11 is 6.23. The minimum absolute atomic E-state index is 0.377. The standard InChI is InChI=1S/C15H19ClN4O/c1-4-21-9-14-18-12(17-3)8-13(19-14)20-15-10(2)6-5-7-11(15)16/h5-8H,4,9H2,1-3H3,(H2,17,18,19,20). The van der Waals surface area contributed by atoms with Crippen LogP contribution in [0.5, 0.6) is 0 Å². The zero-order chi connectivity index (χ0) is 15.2. The lowest BCUT2D eigenvalue weighted by Gasteiger charge is -2.13. The van der Waals surface area contributed by atoms with Crippen molar-refractivity contribution in [1.29, 1.82) is 0 Å². The summed E-state index contributed by atoms with van der Waals surface area (Å²) in [6, 6.07) is 7.59. The van der Waals surface area contributed by atoms with E-state index in [0.717, 1.165) is 17.1 Å². The lowest BCUT2D eigenvalue weighted by molar-refractivity contribution is 0.128. The van der Waals surface area contributed by atoms with Gasteiger partial charge in [0, 0.05) is 19.7 Å². The Morgan fingerprint density at radius 3 is 2.67 bits per heavy atom. The molecule has 0 radical (unpaired) electrons. The monoisotopic (exact) mass is 306 g/mol. The first-order chi connectivity index (χ1) is 10.1. The Labute approximate surface area is 129 Å². The fraction of sp³-hybridized carbons (Fsp3) is 0.333. The topological polar surface area (TPSA) is 59.1 Å². The molecule has 2 N–H and O–H groups in total. The highest BCUT2D eigenvalue weighted by Crippen LogP contribution is 2.28. The SMILES string of the molecule is CCOCc1nc(NC)cc(Nc2c(C)cccc2Cl)n1. The maximum atomic E-state index is 6.23. The third-order valence-corrected chi connectivity index (χ3v) is 3.25. The molecule has 0 saturated carbocycles. The van der Waals surface area contributed by atoms with Gasteiger partial charge in [-0.15, -0.1) is 0 Å². The van der Waals surface area contributed by atoms with E-state index in [2.05, 4.69) is 20.6 Å². The average Bonchev–Trinajstić information content (AvgIpc) is 2.49. The Kier molecular flexibility index (Phi) is 5.36. The molecule has 0 spiro atoms. The van der Waals surface area contributed by atoms with E-state index in [4.69, 9.17) is 16.3 Å². The molecule has 0 saturated heterocycles. The number of aromatic nitrogens is 2. The summed E-state index contributed by atoms with van der Waals surface area (Å²) in [4.78, 5) is 8.81. The van der Waals surface area contributed by atoms with Crippen molar-refractivity contribution in [2.24, 2.45) is 0 Å². The highest BCUT2D eigenvalue weighted by molar-refractivity contribution is 6.33. The first-order valence-corrected chi connectivity index (χ1v) is 7.17. The van der Waals surface area contributed by atoms with E-state index in [1.165, 1.54) is 0 Å². The number of rotatable bonds is 6. The molecule has 0 bridgehead atoms. The number of halogens is 1. The van der Waals surface area contributed by atoms with Crippen LogP contribution >= 0.6 is 11.6 Å². The van der Waals surface area contributed by atoms with E-state index in [0.29, 0.717) is 29.9 Å². The third kappa shape index (κ3) is 4.06. The zero-order valence-electron chi connectivity index (χ0n) is 12.4. The first-order valence-electron chi connectivity index (χ1n) is 6.79. The van der Waals surface area contributed by atoms with Gasteiger partial charge in [0.25, 0.3) is 0 Å². The molecule has 0 atom stereocenters. The minimum Gasteiger partial charge on any atom is -0.374 e. The predicted molar refractivity (Wildman–Crippen MR) is 86.4 cm³/mol. The van der Waals surface area contributed by atoms with Crippen LogP contribution in [0.2, 0.25) is 5.02 Å². The van der Waals surface area contributed by atoms with Crippen molar-refractivity contribution in [2.45, 2.75) is 20.5 Å². The average molecular weight is 307 g/mol. The van der Waals surface area contributed by atoms with Crippen LogP contribution in [0.15, 0.2) is 24.3 Å². The van der Waals surface area contributed by atoms with Crippen molar-refractivity contribution >= 4 is 28.9 Å². The van der Waals surface area contributed by atoms with Gasteiger partial charge in [-0.3, -0.25) is 0 Å². The number of nitrogens with one attached hydrogen (secondary N) is 2. The van der Waals surface area contributed by atoms with Crippen LogP contribution < -0.4 is 10.6 Å². The van der Waals surface area contributed by atoms with E-state index in [1.54, 1.807) is 0 Å². The molecule has 1 aromatic carbocycles. The number of aryl methyl sites for hydroxylation is 1. The van der Waals surface area contributed by atoms with E-state index >= 15 is 0 Å². The number of hydrogen-bond donors (Lipinski definition) is 2. The van der Waals surface area contributed by atoms with Crippen LogP contribution in [0, 0.1) is 6.92 Å². The van der Waals surface area contributed by atoms with Gasteiger partial charge in [-0.1, -0.05) is 23.7 Å². The first kappa shape index (κ1) is 15.5. The lowest BCUT2D eigenvalue weighted by Crippen LogP contribution is -2.06. The number of anilines is 3. The normalized spacial score (nSPS) is 10.5. The molecule has 2 rings (SSSR count). The lowest BCUT2D eigenvalue weighted by atomic mass is 10.2. The molecule has 1 aromatic heterocycles. The highest BCUT2D eigenvalue weighted by Gasteiger charge is 2.08. The second-order valence-electron chi connectivity index (χ2n) is 4.50. The van der Waals surface area contributed by atoms with Crippen LogP contribution in [-0.2, 0) is 11.3 Å². The van der Waals surface area contributed by atoms with Crippen molar-refractivity contribution < 1.29 is 4.74 Å². The molecule has 1 heterocycles. The van der Waals surface area contributed by atoms with Crippen LogP contribution in [0.1, 0.15) is 18.3 Å². The number of hydrogen-bond acceptors (Lipinski definition) is 5. The molecule has 5 nitrogen and oxygen atoms in total. The summed E-state index contributed by atoms with van der Waals surface area (Å²) in [5.41, 5.74) is 1.90. The molecule has 0 unspecified atom stereocenters. The van der Waals surface area contributed by atoms with E-state index in [1.807, 2.05) is 45.2 Å². The van der Waals surface area contributed by atoms with Gasteiger partial charge in [0.1, 0.15) is 18.2 Å². The largest absolute Gasteiger partial charge is 0.374 e. The maximum absolute atomic E-state index is 6.23. The van der Waals surface area contributed by atoms with Gasteiger partial charge in [0.15, 0.2) is 5.82 Å². The van der Waals surface area contributed by atoms with Gasteiger partial charge in [-0.2, -0.15) is 0 Å². The number of benzene rings is 1. The highest BCUT2D eigenvalue weighted by atomic mass is 35.5. The number of nitrogens with zero attached hydrogens (tertiary/aromatic N) is 2. The van der Waals surface area contributed by atoms with Crippen molar-refractivity contribution in [2.75, 3.05) is 24.3 Å². The second kappa shape index (κ2) is 7.24. The Balaban J connectivity index is 2.30. The number of para-hydroxylation sites is 1. The smallest absolute Gasteiger partial charge is 0.158 e. The molecule has 0 fully saturated rings. The molecular weight excluding hydrogens is 288 g/mol. The Morgan fingerprint density at radius 1 is 1.24 bits per heavy atom. The summed E-state index contributed by atoms with van der Waals surface area (Å²) in [5.74, 6) is 2.03. The summed E-state index contributed by atoms with van der Waals surface area (Å²) < 4.78 is 5.37. The summed E-state index contributed by atoms with van der Waals surface area (Å²) in [6.07, 6.45) is 0. The van der Waals surface area contributed by atoms with Gasteiger partial charge < -0.3 is 15.4 Å². The van der Waals surface area contributed by atoms with E-state index < -0.39 is 0 Å². The van der Waals surface area contributed by atoms with Crippen LogP contribution in [-0.4, -0.2) is 23.6 Å². The Morgan fingerprint density at radius 2 is 2.00 bits per heavy atom. The van der Waals surface area contributed by atoms with E-state index in [-0.39, 0.29) is 0 Å². The van der Waals surface area contributed by atoms with E-state index in [9.17, 15) is 0 Å². The van der Waals surface area contributed by atoms with Crippen molar-refractivity contribution in [3.63, 3.8) is 0 Å². The van der Waals surface area contributed by atoms with Crippen LogP contribution in [0.3, 0.4) is 0 Å². The molecule has 6 heteroatoms. The summed E-state index contributed by atoms with van der Waals surface area (Å²) in [7, 11) is 1.82. The minimum atomic E-state index is 0.377. The quantitative estimate of drug-likeness (QED) is 0.851.